The molecule has 2 aromatic carbocycles. The van der Waals surface area contributed by atoms with Crippen molar-refractivity contribution in [3.05, 3.63) is 70.3 Å². The molecule has 6 heteroatoms. The third kappa shape index (κ3) is 5.98. The zero-order valence-electron chi connectivity index (χ0n) is 22.6. The Labute approximate surface area is 214 Å². The maximum Gasteiger partial charge on any atom is 0.295 e. The number of hydrogen-bond acceptors (Lipinski definition) is 5. The van der Waals surface area contributed by atoms with E-state index in [1.807, 2.05) is 31.2 Å². The summed E-state index contributed by atoms with van der Waals surface area (Å²) in [6, 6.07) is 12.6. The number of carbonyl (C=O) groups is 2. The second kappa shape index (κ2) is 11.3. The van der Waals surface area contributed by atoms with Gasteiger partial charge in [0.1, 0.15) is 11.5 Å². The van der Waals surface area contributed by atoms with Crippen molar-refractivity contribution in [2.45, 2.75) is 59.4 Å². The molecule has 0 aliphatic carbocycles. The molecule has 1 aliphatic heterocycles. The van der Waals surface area contributed by atoms with Crippen molar-refractivity contribution >= 4 is 17.4 Å². The van der Waals surface area contributed by atoms with E-state index < -0.39 is 17.7 Å². The number of hydrogen-bond donors (Lipinski definition) is 1. The lowest BCUT2D eigenvalue weighted by atomic mass is 9.85. The predicted octanol–water partition coefficient (Wildman–Crippen LogP) is 5.79. The zero-order chi connectivity index (χ0) is 26.6. The summed E-state index contributed by atoms with van der Waals surface area (Å²) < 4.78 is 11.0. The minimum Gasteiger partial charge on any atom is -0.507 e. The van der Waals surface area contributed by atoms with Crippen LogP contribution in [-0.2, 0) is 19.7 Å². The molecular formula is C30H39NO5. The second-order valence-corrected chi connectivity index (χ2v) is 10.9. The van der Waals surface area contributed by atoms with E-state index in [-0.39, 0.29) is 16.7 Å². The van der Waals surface area contributed by atoms with Gasteiger partial charge in [-0.15, -0.1) is 0 Å². The molecule has 0 bridgehead atoms. The standard InChI is InChI=1S/C30H39NO5/c1-19(2)18-36-24-14-11-22(17-20(24)3)27(32)25-26(21-9-12-23(13-10-21)30(4,5)6)31(15-8-16-35-7)29(34)28(25)33/h9-14,17,19,26,32H,8,15-16,18H2,1-7H3/t26-/m0/s1. The molecule has 1 N–H and O–H groups in total. The topological polar surface area (TPSA) is 76.1 Å². The molecule has 1 amide bonds. The van der Waals surface area contributed by atoms with Crippen LogP contribution in [0.1, 0.15) is 69.3 Å². The van der Waals surface area contributed by atoms with E-state index in [4.69, 9.17) is 9.47 Å². The molecule has 0 unspecified atom stereocenters. The van der Waals surface area contributed by atoms with E-state index in [0.717, 1.165) is 22.4 Å². The fraction of sp³-hybridized carbons (Fsp3) is 0.467. The van der Waals surface area contributed by atoms with Crippen molar-refractivity contribution in [3.63, 3.8) is 0 Å². The van der Waals surface area contributed by atoms with Crippen LogP contribution in [0.5, 0.6) is 5.75 Å². The Morgan fingerprint density at radius 1 is 1.08 bits per heavy atom. The summed E-state index contributed by atoms with van der Waals surface area (Å²) in [5.41, 5.74) is 3.34. The Morgan fingerprint density at radius 3 is 2.31 bits per heavy atom. The lowest BCUT2D eigenvalue weighted by molar-refractivity contribution is -0.140. The number of ether oxygens (including phenoxy) is 2. The lowest BCUT2D eigenvalue weighted by Crippen LogP contribution is -2.31. The molecule has 36 heavy (non-hydrogen) atoms. The fourth-order valence-corrected chi connectivity index (χ4v) is 4.37. The number of methoxy groups -OCH3 is 1. The number of aryl methyl sites for hydroxylation is 1. The molecule has 194 valence electrons. The summed E-state index contributed by atoms with van der Waals surface area (Å²) in [5, 5.41) is 11.4. The highest BCUT2D eigenvalue weighted by atomic mass is 16.5. The maximum absolute atomic E-state index is 13.2. The van der Waals surface area contributed by atoms with Gasteiger partial charge in [0.25, 0.3) is 11.7 Å². The Bertz CT molecular complexity index is 1130. The molecule has 1 fully saturated rings. The number of aliphatic hydroxyl groups excluding tert-OH is 1. The van der Waals surface area contributed by atoms with Crippen LogP contribution in [0.15, 0.2) is 48.0 Å². The molecule has 0 spiro atoms. The quantitative estimate of drug-likeness (QED) is 0.207. The summed E-state index contributed by atoms with van der Waals surface area (Å²) in [6.07, 6.45) is 0.584. The Hall–Kier alpha value is -3.12. The van der Waals surface area contributed by atoms with Gasteiger partial charge < -0.3 is 19.5 Å². The number of ketones is 1. The first-order chi connectivity index (χ1) is 17.0. The molecular weight excluding hydrogens is 454 g/mol. The third-order valence-electron chi connectivity index (χ3n) is 6.40. The summed E-state index contributed by atoms with van der Waals surface area (Å²) in [6.45, 7) is 13.9. The van der Waals surface area contributed by atoms with Crippen LogP contribution in [-0.4, -0.2) is 48.6 Å². The minimum absolute atomic E-state index is 0.0320. The van der Waals surface area contributed by atoms with Gasteiger partial charge in [-0.1, -0.05) is 58.9 Å². The van der Waals surface area contributed by atoms with Gasteiger partial charge in [0, 0.05) is 25.8 Å². The van der Waals surface area contributed by atoms with Crippen molar-refractivity contribution in [2.24, 2.45) is 5.92 Å². The number of carbonyl (C=O) groups excluding carboxylic acids is 2. The van der Waals surface area contributed by atoms with Gasteiger partial charge >= 0.3 is 0 Å². The summed E-state index contributed by atoms with van der Waals surface area (Å²) >= 11 is 0. The summed E-state index contributed by atoms with van der Waals surface area (Å²) in [4.78, 5) is 27.9. The SMILES string of the molecule is COCCCN1C(=O)C(=O)C(=C(O)c2ccc(OCC(C)C)c(C)c2)[C@@H]1c1ccc(C(C)(C)C)cc1. The lowest BCUT2D eigenvalue weighted by Gasteiger charge is -2.26. The van der Waals surface area contributed by atoms with Crippen LogP contribution in [0.4, 0.5) is 0 Å². The summed E-state index contributed by atoms with van der Waals surface area (Å²) in [7, 11) is 1.60. The van der Waals surface area contributed by atoms with Crippen molar-refractivity contribution in [2.75, 3.05) is 26.9 Å². The highest BCUT2D eigenvalue weighted by Gasteiger charge is 2.45. The van der Waals surface area contributed by atoms with Crippen molar-refractivity contribution in [1.82, 2.24) is 4.90 Å². The first kappa shape index (κ1) is 27.5. The molecule has 1 saturated heterocycles. The molecule has 0 radical (unpaired) electrons. The van der Waals surface area contributed by atoms with E-state index in [1.54, 1.807) is 30.2 Å². The van der Waals surface area contributed by atoms with E-state index in [2.05, 4.69) is 34.6 Å². The summed E-state index contributed by atoms with van der Waals surface area (Å²) in [5.74, 6) is -0.337. The van der Waals surface area contributed by atoms with Crippen LogP contribution >= 0.6 is 0 Å². The molecule has 1 atom stereocenters. The average molecular weight is 494 g/mol. The van der Waals surface area contributed by atoms with Crippen molar-refractivity contribution in [1.29, 1.82) is 0 Å². The molecule has 0 saturated carbocycles. The monoisotopic (exact) mass is 493 g/mol. The zero-order valence-corrected chi connectivity index (χ0v) is 22.6. The van der Waals surface area contributed by atoms with Crippen LogP contribution in [0.25, 0.3) is 5.76 Å². The second-order valence-electron chi connectivity index (χ2n) is 10.9. The molecule has 1 heterocycles. The van der Waals surface area contributed by atoms with Crippen molar-refractivity contribution < 1.29 is 24.2 Å². The molecule has 2 aromatic rings. The van der Waals surface area contributed by atoms with E-state index in [9.17, 15) is 14.7 Å². The smallest absolute Gasteiger partial charge is 0.295 e. The number of likely N-dealkylation sites (tertiary alicyclic amines) is 1. The number of amides is 1. The fourth-order valence-electron chi connectivity index (χ4n) is 4.37. The highest BCUT2D eigenvalue weighted by molar-refractivity contribution is 6.46. The first-order valence-corrected chi connectivity index (χ1v) is 12.6. The van der Waals surface area contributed by atoms with E-state index in [1.165, 1.54) is 0 Å². The van der Waals surface area contributed by atoms with Crippen LogP contribution < -0.4 is 4.74 Å². The molecule has 1 aliphatic rings. The number of nitrogens with zero attached hydrogens (tertiary/aromatic N) is 1. The minimum atomic E-state index is -0.674. The normalized spacial score (nSPS) is 17.8. The van der Waals surface area contributed by atoms with Crippen molar-refractivity contribution in [3.8, 4) is 5.75 Å². The van der Waals surface area contributed by atoms with Gasteiger partial charge in [-0.2, -0.15) is 0 Å². The van der Waals surface area contributed by atoms with E-state index >= 15 is 0 Å². The van der Waals surface area contributed by atoms with Gasteiger partial charge in [-0.25, -0.2) is 0 Å². The Balaban J connectivity index is 2.07. The van der Waals surface area contributed by atoms with Gasteiger partial charge in [0.2, 0.25) is 0 Å². The molecule has 6 nitrogen and oxygen atoms in total. The first-order valence-electron chi connectivity index (χ1n) is 12.6. The van der Waals surface area contributed by atoms with Gasteiger partial charge in [-0.3, -0.25) is 9.59 Å². The number of aliphatic hydroxyl groups is 1. The van der Waals surface area contributed by atoms with Gasteiger partial charge in [0.05, 0.1) is 18.2 Å². The average Bonchev–Trinajstić information content (AvgIpc) is 3.07. The molecule has 0 aromatic heterocycles. The Kier molecular flexibility index (Phi) is 8.62. The van der Waals surface area contributed by atoms with Crippen LogP contribution in [0, 0.1) is 12.8 Å². The number of Topliss-reactive ketones (excluding diaryl/α,β-unsaturated/α-hetero) is 1. The van der Waals surface area contributed by atoms with Gasteiger partial charge in [0.15, 0.2) is 0 Å². The third-order valence-corrected chi connectivity index (χ3v) is 6.40. The predicted molar refractivity (Wildman–Crippen MR) is 142 cm³/mol. The van der Waals surface area contributed by atoms with E-state index in [0.29, 0.717) is 37.7 Å². The van der Waals surface area contributed by atoms with Crippen LogP contribution in [0.3, 0.4) is 0 Å². The number of benzene rings is 2. The maximum atomic E-state index is 13.2. The van der Waals surface area contributed by atoms with Gasteiger partial charge in [-0.05, 0) is 59.6 Å². The highest BCUT2D eigenvalue weighted by Crippen LogP contribution is 2.40. The number of rotatable bonds is 9. The van der Waals surface area contributed by atoms with Crippen LogP contribution in [0.2, 0.25) is 0 Å². The molecule has 3 rings (SSSR count). The Morgan fingerprint density at radius 2 is 1.75 bits per heavy atom. The largest absolute Gasteiger partial charge is 0.507 e.